The fourth-order valence-electron chi connectivity index (χ4n) is 1.76. The Labute approximate surface area is 106 Å². The van der Waals surface area contributed by atoms with Crippen LogP contribution >= 0.6 is 11.8 Å². The van der Waals surface area contributed by atoms with Crippen molar-refractivity contribution in [1.82, 2.24) is 9.97 Å². The van der Waals surface area contributed by atoms with Crippen LogP contribution in [0.15, 0.2) is 15.6 Å². The second-order valence-electron chi connectivity index (χ2n) is 4.77. The Balaban J connectivity index is 2.68. The number of hydrogen-bond acceptors (Lipinski definition) is 4. The van der Waals surface area contributed by atoms with Crippen LogP contribution in [0, 0.1) is 0 Å². The number of rotatable bonds is 3. The Morgan fingerprint density at radius 1 is 1.12 bits per heavy atom. The Morgan fingerprint density at radius 3 is 2.35 bits per heavy atom. The summed E-state index contributed by atoms with van der Waals surface area (Å²) in [6, 6.07) is 2.08. The molecule has 0 spiro atoms. The number of thioether (sulfide) groups is 1. The second kappa shape index (κ2) is 4.69. The van der Waals surface area contributed by atoms with Crippen molar-refractivity contribution in [2.24, 2.45) is 0 Å². The van der Waals surface area contributed by atoms with Crippen LogP contribution in [0.4, 0.5) is 0 Å². The molecule has 0 aromatic carbocycles. The monoisotopic (exact) mass is 250 g/mol. The van der Waals surface area contributed by atoms with E-state index >= 15 is 0 Å². The van der Waals surface area contributed by atoms with Gasteiger partial charge in [0.25, 0.3) is 0 Å². The highest BCUT2D eigenvalue weighted by Gasteiger charge is 2.16. The van der Waals surface area contributed by atoms with Crippen LogP contribution in [-0.4, -0.2) is 16.2 Å². The topological polar surface area (TPSA) is 38.9 Å². The molecule has 0 saturated heterocycles. The molecule has 2 rings (SSSR count). The van der Waals surface area contributed by atoms with Gasteiger partial charge in [0, 0.05) is 5.92 Å². The summed E-state index contributed by atoms with van der Waals surface area (Å²) in [6.07, 6.45) is 1.98. The molecule has 0 fully saturated rings. The average Bonchev–Trinajstić information content (AvgIpc) is 2.70. The van der Waals surface area contributed by atoms with Gasteiger partial charge in [-0.2, -0.15) is 4.98 Å². The first-order chi connectivity index (χ1) is 8.02. The van der Waals surface area contributed by atoms with Crippen LogP contribution in [-0.2, 0) is 0 Å². The summed E-state index contributed by atoms with van der Waals surface area (Å²) in [4.78, 5) is 9.01. The first-order valence-electron chi connectivity index (χ1n) is 5.88. The second-order valence-corrected chi connectivity index (χ2v) is 5.55. The average molecular weight is 250 g/mol. The molecule has 0 atom stereocenters. The Bertz CT molecular complexity index is 531. The van der Waals surface area contributed by atoms with E-state index in [0.29, 0.717) is 11.8 Å². The standard InChI is InChI=1S/C13H18N2OS/c1-7(2)10-6-9-11(8(3)4)14-13(17-5)15-12(9)16-10/h6-8H,1-5H3. The quantitative estimate of drug-likeness (QED) is 0.604. The molecule has 0 aliphatic heterocycles. The third-order valence-electron chi connectivity index (χ3n) is 2.72. The molecule has 92 valence electrons. The normalized spacial score (nSPS) is 11.9. The summed E-state index contributed by atoms with van der Waals surface area (Å²) in [7, 11) is 0. The van der Waals surface area contributed by atoms with Crippen LogP contribution < -0.4 is 0 Å². The van der Waals surface area contributed by atoms with Gasteiger partial charge >= 0.3 is 0 Å². The van der Waals surface area contributed by atoms with E-state index in [2.05, 4.69) is 43.7 Å². The first-order valence-corrected chi connectivity index (χ1v) is 7.10. The summed E-state index contributed by atoms with van der Waals surface area (Å²) in [5.74, 6) is 1.74. The first kappa shape index (κ1) is 12.4. The van der Waals surface area contributed by atoms with E-state index in [1.807, 2.05) is 6.26 Å². The molecule has 17 heavy (non-hydrogen) atoms. The van der Waals surface area contributed by atoms with Crippen LogP contribution in [0.2, 0.25) is 0 Å². The SMILES string of the molecule is CSc1nc(C(C)C)c2cc(C(C)C)oc2n1. The van der Waals surface area contributed by atoms with E-state index in [1.165, 1.54) is 0 Å². The minimum atomic E-state index is 0.377. The molecule has 0 amide bonds. The van der Waals surface area contributed by atoms with Crippen molar-refractivity contribution < 1.29 is 4.42 Å². The number of hydrogen-bond donors (Lipinski definition) is 0. The van der Waals surface area contributed by atoms with Gasteiger partial charge in [0.1, 0.15) is 5.76 Å². The predicted molar refractivity (Wildman–Crippen MR) is 71.8 cm³/mol. The number of nitrogens with zero attached hydrogens (tertiary/aromatic N) is 2. The lowest BCUT2D eigenvalue weighted by Crippen LogP contribution is -1.97. The fraction of sp³-hybridized carbons (Fsp3) is 0.538. The van der Waals surface area contributed by atoms with Gasteiger partial charge in [-0.1, -0.05) is 39.5 Å². The molecular formula is C13H18N2OS. The van der Waals surface area contributed by atoms with E-state index in [1.54, 1.807) is 11.8 Å². The maximum Gasteiger partial charge on any atom is 0.230 e. The summed E-state index contributed by atoms with van der Waals surface area (Å²) in [5.41, 5.74) is 1.80. The minimum Gasteiger partial charge on any atom is -0.442 e. The molecule has 2 aromatic heterocycles. The van der Waals surface area contributed by atoms with Gasteiger partial charge in [-0.15, -0.1) is 0 Å². The van der Waals surface area contributed by atoms with E-state index in [0.717, 1.165) is 27.7 Å². The van der Waals surface area contributed by atoms with Crippen molar-refractivity contribution in [3.63, 3.8) is 0 Å². The van der Waals surface area contributed by atoms with Crippen LogP contribution in [0.3, 0.4) is 0 Å². The summed E-state index contributed by atoms with van der Waals surface area (Å²) < 4.78 is 5.80. The molecule has 3 nitrogen and oxygen atoms in total. The van der Waals surface area contributed by atoms with Crippen molar-refractivity contribution in [3.05, 3.63) is 17.5 Å². The Morgan fingerprint density at radius 2 is 1.82 bits per heavy atom. The van der Waals surface area contributed by atoms with E-state index in [4.69, 9.17) is 4.42 Å². The Hall–Kier alpha value is -1.03. The van der Waals surface area contributed by atoms with Crippen molar-refractivity contribution in [3.8, 4) is 0 Å². The van der Waals surface area contributed by atoms with Crippen molar-refractivity contribution in [2.75, 3.05) is 6.26 Å². The zero-order valence-electron chi connectivity index (χ0n) is 10.9. The lowest BCUT2D eigenvalue weighted by Gasteiger charge is -2.06. The fourth-order valence-corrected chi connectivity index (χ4v) is 2.12. The third-order valence-corrected chi connectivity index (χ3v) is 3.27. The molecule has 0 bridgehead atoms. The van der Waals surface area contributed by atoms with Gasteiger partial charge in [0.2, 0.25) is 5.71 Å². The smallest absolute Gasteiger partial charge is 0.230 e. The maximum absolute atomic E-state index is 5.80. The summed E-state index contributed by atoms with van der Waals surface area (Å²) in [6.45, 7) is 8.53. The van der Waals surface area contributed by atoms with Gasteiger partial charge in [0.05, 0.1) is 11.1 Å². The van der Waals surface area contributed by atoms with Gasteiger partial charge in [0.15, 0.2) is 5.16 Å². The maximum atomic E-state index is 5.80. The molecule has 4 heteroatoms. The van der Waals surface area contributed by atoms with Crippen molar-refractivity contribution in [2.45, 2.75) is 44.7 Å². The molecule has 0 radical (unpaired) electrons. The highest BCUT2D eigenvalue weighted by atomic mass is 32.2. The number of furan rings is 1. The van der Waals surface area contributed by atoms with Crippen LogP contribution in [0.25, 0.3) is 11.1 Å². The van der Waals surface area contributed by atoms with E-state index < -0.39 is 0 Å². The van der Waals surface area contributed by atoms with E-state index in [-0.39, 0.29) is 0 Å². The highest BCUT2D eigenvalue weighted by Crippen LogP contribution is 2.30. The zero-order chi connectivity index (χ0) is 12.6. The molecule has 0 N–H and O–H groups in total. The van der Waals surface area contributed by atoms with Gasteiger partial charge in [-0.3, -0.25) is 0 Å². The molecule has 2 heterocycles. The van der Waals surface area contributed by atoms with Crippen molar-refractivity contribution in [1.29, 1.82) is 0 Å². The van der Waals surface area contributed by atoms with Gasteiger partial charge < -0.3 is 4.42 Å². The van der Waals surface area contributed by atoms with Gasteiger partial charge in [-0.25, -0.2) is 4.98 Å². The van der Waals surface area contributed by atoms with Crippen LogP contribution in [0.1, 0.15) is 51.0 Å². The molecule has 0 saturated carbocycles. The third kappa shape index (κ3) is 2.32. The Kier molecular flexibility index (Phi) is 3.43. The largest absolute Gasteiger partial charge is 0.442 e. The predicted octanol–water partition coefficient (Wildman–Crippen LogP) is 4.19. The molecule has 0 unspecified atom stereocenters. The molecule has 0 aliphatic carbocycles. The molecule has 2 aromatic rings. The number of fused-ring (bicyclic) bond motifs is 1. The lowest BCUT2D eigenvalue weighted by atomic mass is 10.1. The lowest BCUT2D eigenvalue weighted by molar-refractivity contribution is 0.510. The highest BCUT2D eigenvalue weighted by molar-refractivity contribution is 7.98. The summed E-state index contributed by atoms with van der Waals surface area (Å²) in [5, 5.41) is 1.84. The molecule has 0 aliphatic rings. The van der Waals surface area contributed by atoms with E-state index in [9.17, 15) is 0 Å². The number of aromatic nitrogens is 2. The van der Waals surface area contributed by atoms with Crippen molar-refractivity contribution >= 4 is 22.9 Å². The zero-order valence-corrected chi connectivity index (χ0v) is 11.8. The van der Waals surface area contributed by atoms with Crippen LogP contribution in [0.5, 0.6) is 0 Å². The molecular weight excluding hydrogens is 232 g/mol. The van der Waals surface area contributed by atoms with Gasteiger partial charge in [-0.05, 0) is 18.2 Å². The minimum absolute atomic E-state index is 0.377. The summed E-state index contributed by atoms with van der Waals surface area (Å²) >= 11 is 1.55.